The summed E-state index contributed by atoms with van der Waals surface area (Å²) in [4.78, 5) is 20.4. The molecule has 2 heterocycles. The summed E-state index contributed by atoms with van der Waals surface area (Å²) < 4.78 is 12.0. The SMILES string of the molecule is C=CC[C@@]12N=C(c3ccc(OCCCO)cc3)O[C@@H]1c1ccccc1N(CCC)C2=O. The fraction of sp³-hybridized carbons (Fsp3) is 0.360. The molecular weight excluding hydrogens is 392 g/mol. The molecule has 2 atom stereocenters. The van der Waals surface area contributed by atoms with Crippen molar-refractivity contribution in [2.45, 2.75) is 37.8 Å². The number of hydrogen-bond donors (Lipinski definition) is 1. The largest absolute Gasteiger partial charge is 0.494 e. The summed E-state index contributed by atoms with van der Waals surface area (Å²) in [6.45, 7) is 7.13. The van der Waals surface area contributed by atoms with Gasteiger partial charge < -0.3 is 19.5 Å². The molecule has 0 unspecified atom stereocenters. The summed E-state index contributed by atoms with van der Waals surface area (Å²) in [5.74, 6) is 1.12. The van der Waals surface area contributed by atoms with Crippen molar-refractivity contribution in [3.8, 4) is 5.75 Å². The number of rotatable bonds is 9. The van der Waals surface area contributed by atoms with E-state index in [1.54, 1.807) is 6.08 Å². The summed E-state index contributed by atoms with van der Waals surface area (Å²) in [7, 11) is 0. The van der Waals surface area contributed by atoms with Crippen LogP contribution in [0.2, 0.25) is 0 Å². The summed E-state index contributed by atoms with van der Waals surface area (Å²) >= 11 is 0. The minimum atomic E-state index is -1.04. The Morgan fingerprint density at radius 1 is 1.26 bits per heavy atom. The highest BCUT2D eigenvalue weighted by Crippen LogP contribution is 2.50. The van der Waals surface area contributed by atoms with Crippen LogP contribution in [0.4, 0.5) is 5.69 Å². The van der Waals surface area contributed by atoms with Gasteiger partial charge in [-0.3, -0.25) is 4.79 Å². The predicted octanol–water partition coefficient (Wildman–Crippen LogP) is 4.04. The summed E-state index contributed by atoms with van der Waals surface area (Å²) in [6, 6.07) is 15.4. The maximum Gasteiger partial charge on any atom is 0.259 e. The molecule has 31 heavy (non-hydrogen) atoms. The topological polar surface area (TPSA) is 71.4 Å². The van der Waals surface area contributed by atoms with Gasteiger partial charge in [0.2, 0.25) is 5.90 Å². The Labute approximate surface area is 182 Å². The average Bonchev–Trinajstić information content (AvgIpc) is 3.19. The van der Waals surface area contributed by atoms with Gasteiger partial charge in [-0.1, -0.05) is 31.2 Å². The molecule has 0 saturated carbocycles. The lowest BCUT2D eigenvalue weighted by atomic mass is 9.80. The van der Waals surface area contributed by atoms with Crippen LogP contribution in [0.15, 0.2) is 66.2 Å². The fourth-order valence-corrected chi connectivity index (χ4v) is 4.24. The Morgan fingerprint density at radius 2 is 2.03 bits per heavy atom. The number of aliphatic imine (C=N–C) groups is 1. The van der Waals surface area contributed by atoms with Crippen molar-refractivity contribution in [1.29, 1.82) is 0 Å². The Morgan fingerprint density at radius 3 is 2.74 bits per heavy atom. The zero-order valence-corrected chi connectivity index (χ0v) is 17.8. The van der Waals surface area contributed by atoms with Crippen molar-refractivity contribution in [1.82, 2.24) is 0 Å². The maximum atomic E-state index is 13.7. The Kier molecular flexibility index (Phi) is 6.09. The zero-order valence-electron chi connectivity index (χ0n) is 17.8. The van der Waals surface area contributed by atoms with Gasteiger partial charge in [0.15, 0.2) is 11.6 Å². The number of carbonyl (C=O) groups excluding carboxylic acids is 1. The number of benzene rings is 2. The molecule has 6 nitrogen and oxygen atoms in total. The second-order valence-corrected chi connectivity index (χ2v) is 7.80. The quantitative estimate of drug-likeness (QED) is 0.491. The van der Waals surface area contributed by atoms with E-state index in [4.69, 9.17) is 19.6 Å². The van der Waals surface area contributed by atoms with E-state index in [1.807, 2.05) is 53.4 Å². The maximum absolute atomic E-state index is 13.7. The van der Waals surface area contributed by atoms with Gasteiger partial charge in [0.25, 0.3) is 5.91 Å². The average molecular weight is 421 g/mol. The second-order valence-electron chi connectivity index (χ2n) is 7.80. The van der Waals surface area contributed by atoms with E-state index in [0.29, 0.717) is 37.6 Å². The molecule has 4 rings (SSSR count). The number of hydrogen-bond acceptors (Lipinski definition) is 5. The standard InChI is InChI=1S/C25H28N2O4/c1-3-14-25-22(20-8-5-6-9-21(20)27(15-4-2)24(25)29)31-23(26-25)18-10-12-19(13-11-18)30-17-7-16-28/h3,5-6,8-13,22,28H,1,4,7,14-17H2,2H3/t22-,25-/m1/s1. The third kappa shape index (κ3) is 3.72. The third-order valence-electron chi connectivity index (χ3n) is 5.66. The number of anilines is 1. The molecule has 162 valence electrons. The Balaban J connectivity index is 1.70. The number of aliphatic hydroxyl groups is 1. The first-order chi connectivity index (χ1) is 15.1. The molecule has 0 aromatic heterocycles. The molecule has 2 aliphatic heterocycles. The first-order valence-electron chi connectivity index (χ1n) is 10.8. The third-order valence-corrected chi connectivity index (χ3v) is 5.66. The van der Waals surface area contributed by atoms with E-state index < -0.39 is 11.6 Å². The van der Waals surface area contributed by atoms with Gasteiger partial charge in [-0.05, 0) is 36.8 Å². The van der Waals surface area contributed by atoms with Crippen molar-refractivity contribution >= 4 is 17.5 Å². The van der Waals surface area contributed by atoms with Crippen LogP contribution in [0.1, 0.15) is 43.4 Å². The van der Waals surface area contributed by atoms with Crippen molar-refractivity contribution in [3.63, 3.8) is 0 Å². The predicted molar refractivity (Wildman–Crippen MR) is 121 cm³/mol. The lowest BCUT2D eigenvalue weighted by Crippen LogP contribution is -2.54. The smallest absolute Gasteiger partial charge is 0.259 e. The molecule has 0 aliphatic carbocycles. The summed E-state index contributed by atoms with van der Waals surface area (Å²) in [6.07, 6.45) is 3.09. The summed E-state index contributed by atoms with van der Waals surface area (Å²) in [5.41, 5.74) is 1.61. The molecule has 0 spiro atoms. The van der Waals surface area contributed by atoms with E-state index >= 15 is 0 Å². The number of aliphatic hydroxyl groups excluding tert-OH is 1. The van der Waals surface area contributed by atoms with Crippen LogP contribution in [0, 0.1) is 0 Å². The van der Waals surface area contributed by atoms with Gasteiger partial charge in [0.1, 0.15) is 5.75 Å². The molecule has 6 heteroatoms. The highest BCUT2D eigenvalue weighted by molar-refractivity contribution is 6.09. The summed E-state index contributed by atoms with van der Waals surface area (Å²) in [5, 5.41) is 8.89. The van der Waals surface area contributed by atoms with Gasteiger partial charge in [0, 0.05) is 37.1 Å². The fourth-order valence-electron chi connectivity index (χ4n) is 4.24. The molecule has 0 bridgehead atoms. The first-order valence-corrected chi connectivity index (χ1v) is 10.8. The van der Waals surface area contributed by atoms with Gasteiger partial charge >= 0.3 is 0 Å². The molecular formula is C25H28N2O4. The van der Waals surface area contributed by atoms with E-state index in [9.17, 15) is 4.79 Å². The Hall–Kier alpha value is -3.12. The van der Waals surface area contributed by atoms with Crippen LogP contribution < -0.4 is 9.64 Å². The highest BCUT2D eigenvalue weighted by atomic mass is 16.5. The highest BCUT2D eigenvalue weighted by Gasteiger charge is 2.57. The lowest BCUT2D eigenvalue weighted by Gasteiger charge is -2.41. The van der Waals surface area contributed by atoms with Crippen LogP contribution in [0.3, 0.4) is 0 Å². The van der Waals surface area contributed by atoms with Gasteiger partial charge in [-0.15, -0.1) is 6.58 Å². The van der Waals surface area contributed by atoms with E-state index in [1.165, 1.54) is 0 Å². The lowest BCUT2D eigenvalue weighted by molar-refractivity contribution is -0.127. The number of fused-ring (bicyclic) bond motifs is 3. The molecule has 1 N–H and O–H groups in total. The van der Waals surface area contributed by atoms with Crippen LogP contribution >= 0.6 is 0 Å². The van der Waals surface area contributed by atoms with Crippen molar-refractivity contribution < 1.29 is 19.4 Å². The van der Waals surface area contributed by atoms with Crippen molar-refractivity contribution in [2.24, 2.45) is 4.99 Å². The van der Waals surface area contributed by atoms with Gasteiger partial charge in [-0.2, -0.15) is 0 Å². The molecule has 0 radical (unpaired) electrons. The number of carbonyl (C=O) groups is 1. The number of ether oxygens (including phenoxy) is 2. The van der Waals surface area contributed by atoms with Gasteiger partial charge in [-0.25, -0.2) is 4.99 Å². The number of para-hydroxylation sites is 1. The first kappa shape index (κ1) is 21.1. The number of nitrogens with zero attached hydrogens (tertiary/aromatic N) is 2. The van der Waals surface area contributed by atoms with E-state index in [0.717, 1.165) is 23.2 Å². The van der Waals surface area contributed by atoms with Crippen LogP contribution in [-0.4, -0.2) is 42.2 Å². The van der Waals surface area contributed by atoms with Crippen LogP contribution in [0.5, 0.6) is 5.75 Å². The molecule has 0 saturated heterocycles. The Bertz CT molecular complexity index is 985. The van der Waals surface area contributed by atoms with Gasteiger partial charge in [0.05, 0.1) is 12.3 Å². The minimum Gasteiger partial charge on any atom is -0.494 e. The van der Waals surface area contributed by atoms with Crippen molar-refractivity contribution in [2.75, 3.05) is 24.7 Å². The van der Waals surface area contributed by atoms with E-state index in [2.05, 4.69) is 13.5 Å². The monoisotopic (exact) mass is 420 g/mol. The van der Waals surface area contributed by atoms with Crippen LogP contribution in [0.25, 0.3) is 0 Å². The van der Waals surface area contributed by atoms with Crippen LogP contribution in [-0.2, 0) is 9.53 Å². The van der Waals surface area contributed by atoms with Crippen molar-refractivity contribution in [3.05, 3.63) is 72.3 Å². The minimum absolute atomic E-state index is 0.0445. The molecule has 2 aromatic carbocycles. The molecule has 2 aliphatic rings. The molecule has 1 amide bonds. The number of amides is 1. The zero-order chi connectivity index (χ0) is 21.8. The second kappa shape index (κ2) is 8.94. The molecule has 2 aromatic rings. The molecule has 0 fully saturated rings. The normalized spacial score (nSPS) is 21.7. The van der Waals surface area contributed by atoms with E-state index in [-0.39, 0.29) is 12.5 Å².